The Morgan fingerprint density at radius 1 is 1.44 bits per heavy atom. The zero-order valence-electron chi connectivity index (χ0n) is 9.95. The molecule has 5 heteroatoms. The predicted octanol–water partition coefficient (Wildman–Crippen LogP) is 1.67. The quantitative estimate of drug-likeness (QED) is 0.810. The summed E-state index contributed by atoms with van der Waals surface area (Å²) in [5.41, 5.74) is 6.40. The van der Waals surface area contributed by atoms with Gasteiger partial charge in [0.25, 0.3) is 0 Å². The molecule has 1 aliphatic rings. The molecular weight excluding hydrogens is 204 g/mol. The molecule has 1 aromatic rings. The van der Waals surface area contributed by atoms with Crippen molar-refractivity contribution in [2.75, 3.05) is 18.2 Å². The molecule has 1 aromatic heterocycles. The first-order chi connectivity index (χ1) is 7.54. The third-order valence-electron chi connectivity index (χ3n) is 3.08. The molecule has 0 aromatic carbocycles. The molecule has 5 nitrogen and oxygen atoms in total. The van der Waals surface area contributed by atoms with E-state index < -0.39 is 0 Å². The maximum absolute atomic E-state index is 5.91. The molecule has 0 unspecified atom stereocenters. The summed E-state index contributed by atoms with van der Waals surface area (Å²) >= 11 is 0. The van der Waals surface area contributed by atoms with E-state index in [0.29, 0.717) is 23.3 Å². The van der Waals surface area contributed by atoms with Crippen LogP contribution in [0.15, 0.2) is 6.33 Å². The standard InChI is InChI=1S/C11H18N4O/c1-11(2,7-4-5-7)15-9-8(12)10(16-3)14-6-13-9/h6-7H,4-5,12H2,1-3H3,(H,13,14,15). The summed E-state index contributed by atoms with van der Waals surface area (Å²) in [4.78, 5) is 8.10. The second-order valence-corrected chi connectivity index (χ2v) is 4.77. The van der Waals surface area contributed by atoms with Crippen molar-refractivity contribution in [1.29, 1.82) is 0 Å². The van der Waals surface area contributed by atoms with E-state index >= 15 is 0 Å². The highest BCUT2D eigenvalue weighted by atomic mass is 16.5. The van der Waals surface area contributed by atoms with Gasteiger partial charge in [0.1, 0.15) is 12.0 Å². The molecule has 0 radical (unpaired) electrons. The number of hydrogen-bond donors (Lipinski definition) is 2. The molecule has 1 heterocycles. The number of hydrogen-bond acceptors (Lipinski definition) is 5. The maximum Gasteiger partial charge on any atom is 0.242 e. The Morgan fingerprint density at radius 2 is 2.12 bits per heavy atom. The second kappa shape index (κ2) is 3.81. The van der Waals surface area contributed by atoms with Crippen LogP contribution in [-0.2, 0) is 0 Å². The molecule has 0 bridgehead atoms. The van der Waals surface area contributed by atoms with Gasteiger partial charge in [-0.15, -0.1) is 0 Å². The zero-order chi connectivity index (χ0) is 11.8. The summed E-state index contributed by atoms with van der Waals surface area (Å²) in [6.07, 6.45) is 3.99. The van der Waals surface area contributed by atoms with E-state index in [1.807, 2.05) is 0 Å². The Balaban J connectivity index is 2.20. The molecule has 88 valence electrons. The van der Waals surface area contributed by atoms with Gasteiger partial charge in [-0.3, -0.25) is 0 Å². The molecule has 16 heavy (non-hydrogen) atoms. The lowest BCUT2D eigenvalue weighted by Gasteiger charge is -2.27. The molecule has 0 aliphatic heterocycles. The number of ether oxygens (including phenoxy) is 1. The number of aromatic nitrogens is 2. The monoisotopic (exact) mass is 222 g/mol. The fourth-order valence-corrected chi connectivity index (χ4v) is 1.85. The molecule has 1 fully saturated rings. The summed E-state index contributed by atoms with van der Waals surface area (Å²) in [5, 5.41) is 3.37. The number of rotatable bonds is 4. The zero-order valence-corrected chi connectivity index (χ0v) is 9.95. The van der Waals surface area contributed by atoms with E-state index in [9.17, 15) is 0 Å². The third-order valence-corrected chi connectivity index (χ3v) is 3.08. The SMILES string of the molecule is COc1ncnc(NC(C)(C)C2CC2)c1N. The smallest absolute Gasteiger partial charge is 0.242 e. The van der Waals surface area contributed by atoms with Gasteiger partial charge in [0.15, 0.2) is 5.82 Å². The minimum absolute atomic E-state index is 0.0213. The number of methoxy groups -OCH3 is 1. The third kappa shape index (κ3) is 2.03. The molecule has 0 atom stereocenters. The normalized spacial score (nSPS) is 15.9. The van der Waals surface area contributed by atoms with Gasteiger partial charge in [-0.05, 0) is 32.6 Å². The number of nitrogens with two attached hydrogens (primary N) is 1. The van der Waals surface area contributed by atoms with Crippen molar-refractivity contribution in [3.8, 4) is 5.88 Å². The van der Waals surface area contributed by atoms with E-state index in [2.05, 4.69) is 29.1 Å². The lowest BCUT2D eigenvalue weighted by Crippen LogP contribution is -2.34. The van der Waals surface area contributed by atoms with Crippen molar-refractivity contribution in [3.63, 3.8) is 0 Å². The summed E-state index contributed by atoms with van der Waals surface area (Å²) < 4.78 is 5.06. The molecule has 3 N–H and O–H groups in total. The average molecular weight is 222 g/mol. The maximum atomic E-state index is 5.91. The molecule has 0 spiro atoms. The van der Waals surface area contributed by atoms with Crippen LogP contribution < -0.4 is 15.8 Å². The van der Waals surface area contributed by atoms with Crippen LogP contribution in [0.2, 0.25) is 0 Å². The summed E-state index contributed by atoms with van der Waals surface area (Å²) in [5.74, 6) is 1.78. The van der Waals surface area contributed by atoms with E-state index in [1.54, 1.807) is 7.11 Å². The van der Waals surface area contributed by atoms with Crippen molar-refractivity contribution >= 4 is 11.5 Å². The first-order valence-electron chi connectivity index (χ1n) is 5.47. The average Bonchev–Trinajstić information content (AvgIpc) is 3.04. The Bertz CT molecular complexity index is 388. The summed E-state index contributed by atoms with van der Waals surface area (Å²) in [6, 6.07) is 0. The predicted molar refractivity (Wildman–Crippen MR) is 63.4 cm³/mol. The van der Waals surface area contributed by atoms with Crippen LogP contribution in [0.1, 0.15) is 26.7 Å². The fourth-order valence-electron chi connectivity index (χ4n) is 1.85. The van der Waals surface area contributed by atoms with E-state index in [-0.39, 0.29) is 5.54 Å². The van der Waals surface area contributed by atoms with Gasteiger partial charge in [-0.1, -0.05) is 0 Å². The molecule has 1 saturated carbocycles. The van der Waals surface area contributed by atoms with Crippen LogP contribution in [0.4, 0.5) is 11.5 Å². The van der Waals surface area contributed by atoms with Crippen molar-refractivity contribution < 1.29 is 4.74 Å². The minimum Gasteiger partial charge on any atom is -0.479 e. The molecule has 0 amide bonds. The molecule has 1 aliphatic carbocycles. The van der Waals surface area contributed by atoms with Gasteiger partial charge in [-0.25, -0.2) is 4.98 Å². The first kappa shape index (κ1) is 11.0. The first-order valence-corrected chi connectivity index (χ1v) is 5.47. The van der Waals surface area contributed by atoms with Gasteiger partial charge < -0.3 is 15.8 Å². The van der Waals surface area contributed by atoms with Gasteiger partial charge in [-0.2, -0.15) is 4.98 Å². The topological polar surface area (TPSA) is 73.1 Å². The minimum atomic E-state index is 0.0213. The van der Waals surface area contributed by atoms with Crippen molar-refractivity contribution in [2.24, 2.45) is 5.92 Å². The van der Waals surface area contributed by atoms with Crippen LogP contribution >= 0.6 is 0 Å². The van der Waals surface area contributed by atoms with Crippen molar-refractivity contribution in [1.82, 2.24) is 9.97 Å². The Hall–Kier alpha value is -1.52. The highest BCUT2D eigenvalue weighted by Crippen LogP contribution is 2.41. The van der Waals surface area contributed by atoms with E-state index in [1.165, 1.54) is 19.2 Å². The molecule has 0 saturated heterocycles. The number of nitrogen functional groups attached to an aromatic ring is 1. The van der Waals surface area contributed by atoms with Crippen LogP contribution in [0.3, 0.4) is 0 Å². The molecular formula is C11H18N4O. The highest BCUT2D eigenvalue weighted by molar-refractivity contribution is 5.67. The van der Waals surface area contributed by atoms with Gasteiger partial charge >= 0.3 is 0 Å². The van der Waals surface area contributed by atoms with Gasteiger partial charge in [0.2, 0.25) is 5.88 Å². The number of nitrogens with one attached hydrogen (secondary N) is 1. The van der Waals surface area contributed by atoms with Gasteiger partial charge in [0.05, 0.1) is 7.11 Å². The Kier molecular flexibility index (Phi) is 2.61. The van der Waals surface area contributed by atoms with Crippen LogP contribution in [0.25, 0.3) is 0 Å². The Labute approximate surface area is 95.4 Å². The fraction of sp³-hybridized carbons (Fsp3) is 0.636. The van der Waals surface area contributed by atoms with E-state index in [0.717, 1.165) is 0 Å². The summed E-state index contributed by atoms with van der Waals surface area (Å²) in [6.45, 7) is 4.33. The lowest BCUT2D eigenvalue weighted by atomic mass is 9.99. The number of anilines is 2. The highest BCUT2D eigenvalue weighted by Gasteiger charge is 2.38. The van der Waals surface area contributed by atoms with Crippen LogP contribution in [0, 0.1) is 5.92 Å². The molecule has 2 rings (SSSR count). The Morgan fingerprint density at radius 3 is 2.69 bits per heavy atom. The van der Waals surface area contributed by atoms with Crippen LogP contribution in [0.5, 0.6) is 5.88 Å². The summed E-state index contributed by atoms with van der Waals surface area (Å²) in [7, 11) is 1.55. The lowest BCUT2D eigenvalue weighted by molar-refractivity contribution is 0.399. The number of nitrogens with zero attached hydrogens (tertiary/aromatic N) is 2. The van der Waals surface area contributed by atoms with Crippen molar-refractivity contribution in [2.45, 2.75) is 32.2 Å². The largest absolute Gasteiger partial charge is 0.479 e. The van der Waals surface area contributed by atoms with Gasteiger partial charge in [0, 0.05) is 5.54 Å². The second-order valence-electron chi connectivity index (χ2n) is 4.77. The van der Waals surface area contributed by atoms with E-state index in [4.69, 9.17) is 10.5 Å². The van der Waals surface area contributed by atoms with Crippen molar-refractivity contribution in [3.05, 3.63) is 6.33 Å². The van der Waals surface area contributed by atoms with Crippen LogP contribution in [-0.4, -0.2) is 22.6 Å².